The van der Waals surface area contributed by atoms with Gasteiger partial charge < -0.3 is 5.11 Å². The van der Waals surface area contributed by atoms with Crippen LogP contribution < -0.4 is 0 Å². The van der Waals surface area contributed by atoms with Gasteiger partial charge >= 0.3 is 0 Å². The normalized spacial score (nSPS) is 12.1. The molecule has 0 spiro atoms. The molecule has 1 atom stereocenters. The second kappa shape index (κ2) is 5.48. The Kier molecular flexibility index (Phi) is 3.75. The molecule has 1 aromatic carbocycles. The Hall–Kier alpha value is -2.12. The molecule has 0 saturated carbocycles. The van der Waals surface area contributed by atoms with Gasteiger partial charge in [-0.25, -0.2) is 0 Å². The molecule has 0 amide bonds. The Morgan fingerprint density at radius 1 is 1.50 bits per heavy atom. The monoisotopic (exact) mass is 241 g/mol. The van der Waals surface area contributed by atoms with E-state index in [4.69, 9.17) is 5.26 Å². The summed E-state index contributed by atoms with van der Waals surface area (Å²) in [6.07, 6.45) is 3.60. The van der Waals surface area contributed by atoms with E-state index in [9.17, 15) is 5.11 Å². The molecular formula is C14H15N3O. The Morgan fingerprint density at radius 2 is 2.33 bits per heavy atom. The van der Waals surface area contributed by atoms with E-state index >= 15 is 0 Å². The van der Waals surface area contributed by atoms with Gasteiger partial charge in [-0.05, 0) is 30.2 Å². The molecule has 92 valence electrons. The highest BCUT2D eigenvalue weighted by atomic mass is 16.3. The van der Waals surface area contributed by atoms with Crippen molar-refractivity contribution in [3.63, 3.8) is 0 Å². The molecule has 1 unspecified atom stereocenters. The molecule has 1 N–H and O–H groups in total. The maximum absolute atomic E-state index is 10.1. The van der Waals surface area contributed by atoms with E-state index in [1.807, 2.05) is 23.9 Å². The molecule has 0 radical (unpaired) electrons. The highest BCUT2D eigenvalue weighted by molar-refractivity contribution is 5.34. The molecule has 18 heavy (non-hydrogen) atoms. The van der Waals surface area contributed by atoms with Crippen molar-refractivity contribution in [2.75, 3.05) is 0 Å². The molecule has 0 aliphatic carbocycles. The fraction of sp³-hybridized carbons (Fsp3) is 0.286. The van der Waals surface area contributed by atoms with Crippen LogP contribution in [0.2, 0.25) is 0 Å². The average Bonchev–Trinajstić information content (AvgIpc) is 2.86. The van der Waals surface area contributed by atoms with Crippen LogP contribution in [-0.2, 0) is 13.0 Å². The topological polar surface area (TPSA) is 61.8 Å². The zero-order chi connectivity index (χ0) is 13.0. The van der Waals surface area contributed by atoms with Gasteiger partial charge in [-0.3, -0.25) is 4.68 Å². The number of nitrogens with zero attached hydrogens (tertiary/aromatic N) is 3. The lowest BCUT2D eigenvalue weighted by Crippen LogP contribution is -2.01. The van der Waals surface area contributed by atoms with Gasteiger partial charge in [0.05, 0.1) is 23.9 Å². The summed E-state index contributed by atoms with van der Waals surface area (Å²) < 4.78 is 1.83. The van der Waals surface area contributed by atoms with Crippen molar-refractivity contribution < 1.29 is 5.11 Å². The smallest absolute Gasteiger partial charge is 0.0991 e. The van der Waals surface area contributed by atoms with E-state index < -0.39 is 6.10 Å². The van der Waals surface area contributed by atoms with Gasteiger partial charge in [0.2, 0.25) is 0 Å². The Balaban J connectivity index is 2.11. The summed E-state index contributed by atoms with van der Waals surface area (Å²) in [7, 11) is 0. The van der Waals surface area contributed by atoms with Crippen LogP contribution in [0.5, 0.6) is 0 Å². The first-order chi connectivity index (χ1) is 8.72. The van der Waals surface area contributed by atoms with Gasteiger partial charge in [-0.1, -0.05) is 12.1 Å². The molecule has 1 heterocycles. The third-order valence-electron chi connectivity index (χ3n) is 2.84. The van der Waals surface area contributed by atoms with Crippen LogP contribution in [0.4, 0.5) is 0 Å². The summed E-state index contributed by atoms with van der Waals surface area (Å²) in [4.78, 5) is 0. The molecule has 0 fully saturated rings. The van der Waals surface area contributed by atoms with Crippen molar-refractivity contribution in [1.82, 2.24) is 9.78 Å². The number of rotatable bonds is 4. The summed E-state index contributed by atoms with van der Waals surface area (Å²) in [5, 5.41) is 23.1. The molecule has 2 rings (SSSR count). The lowest BCUT2D eigenvalue weighted by Gasteiger charge is -2.09. The number of benzene rings is 1. The fourth-order valence-electron chi connectivity index (χ4n) is 1.84. The molecule has 0 saturated heterocycles. The van der Waals surface area contributed by atoms with Gasteiger partial charge in [-0.15, -0.1) is 0 Å². The van der Waals surface area contributed by atoms with Crippen molar-refractivity contribution >= 4 is 0 Å². The summed E-state index contributed by atoms with van der Waals surface area (Å²) >= 11 is 0. The molecule has 4 heteroatoms. The predicted molar refractivity (Wildman–Crippen MR) is 67.7 cm³/mol. The standard InChI is InChI=1S/C14H15N3O/c1-2-17-10-12(9-16-17)7-14(18)13-5-3-4-11(6-13)8-15/h3-6,9-10,14,18H,2,7H2,1H3. The zero-order valence-electron chi connectivity index (χ0n) is 10.2. The number of aliphatic hydroxyl groups excluding tert-OH is 1. The Morgan fingerprint density at radius 3 is 3.00 bits per heavy atom. The molecule has 0 bridgehead atoms. The van der Waals surface area contributed by atoms with Crippen LogP contribution >= 0.6 is 0 Å². The minimum Gasteiger partial charge on any atom is -0.388 e. The maximum Gasteiger partial charge on any atom is 0.0991 e. The van der Waals surface area contributed by atoms with Gasteiger partial charge in [0, 0.05) is 19.2 Å². The van der Waals surface area contributed by atoms with Gasteiger partial charge in [0.25, 0.3) is 0 Å². The highest BCUT2D eigenvalue weighted by Crippen LogP contribution is 2.18. The van der Waals surface area contributed by atoms with Crippen molar-refractivity contribution in [3.8, 4) is 6.07 Å². The Labute approximate surface area is 106 Å². The summed E-state index contributed by atoms with van der Waals surface area (Å²) in [5.74, 6) is 0. The second-order valence-electron chi connectivity index (χ2n) is 4.16. The first kappa shape index (κ1) is 12.3. The van der Waals surface area contributed by atoms with E-state index in [-0.39, 0.29) is 0 Å². The van der Waals surface area contributed by atoms with Crippen molar-refractivity contribution in [2.45, 2.75) is 26.0 Å². The number of hydrogen-bond acceptors (Lipinski definition) is 3. The predicted octanol–water partition coefficient (Wildman–Crippen LogP) is 2.05. The molecule has 4 nitrogen and oxygen atoms in total. The van der Waals surface area contributed by atoms with Gasteiger partial charge in [0.1, 0.15) is 0 Å². The summed E-state index contributed by atoms with van der Waals surface area (Å²) in [6.45, 7) is 2.84. The molecule has 0 aliphatic rings. The average molecular weight is 241 g/mol. The second-order valence-corrected chi connectivity index (χ2v) is 4.16. The fourth-order valence-corrected chi connectivity index (χ4v) is 1.84. The van der Waals surface area contributed by atoms with Crippen LogP contribution in [0.3, 0.4) is 0 Å². The van der Waals surface area contributed by atoms with Crippen LogP contribution in [0.15, 0.2) is 36.7 Å². The minimum absolute atomic E-state index is 0.509. The van der Waals surface area contributed by atoms with Crippen LogP contribution in [0.25, 0.3) is 0 Å². The minimum atomic E-state index is -0.604. The molecule has 1 aromatic heterocycles. The molecule has 0 aliphatic heterocycles. The SMILES string of the molecule is CCn1cc(CC(O)c2cccc(C#N)c2)cn1. The molecular weight excluding hydrogens is 226 g/mol. The summed E-state index contributed by atoms with van der Waals surface area (Å²) in [5.41, 5.74) is 2.32. The number of hydrogen-bond donors (Lipinski definition) is 1. The van der Waals surface area contributed by atoms with Crippen molar-refractivity contribution in [3.05, 3.63) is 53.3 Å². The summed E-state index contributed by atoms with van der Waals surface area (Å²) in [6, 6.07) is 9.13. The van der Waals surface area contributed by atoms with Crippen LogP contribution in [0.1, 0.15) is 29.7 Å². The van der Waals surface area contributed by atoms with Crippen LogP contribution in [-0.4, -0.2) is 14.9 Å². The largest absolute Gasteiger partial charge is 0.388 e. The van der Waals surface area contributed by atoms with Crippen molar-refractivity contribution in [1.29, 1.82) is 5.26 Å². The van der Waals surface area contributed by atoms with E-state index in [1.54, 1.807) is 24.4 Å². The van der Waals surface area contributed by atoms with E-state index in [0.717, 1.165) is 17.7 Å². The van der Waals surface area contributed by atoms with E-state index in [0.29, 0.717) is 12.0 Å². The van der Waals surface area contributed by atoms with Gasteiger partial charge in [-0.2, -0.15) is 10.4 Å². The third-order valence-corrected chi connectivity index (χ3v) is 2.84. The van der Waals surface area contributed by atoms with E-state index in [1.165, 1.54) is 0 Å². The number of nitriles is 1. The van der Waals surface area contributed by atoms with Crippen LogP contribution in [0, 0.1) is 11.3 Å². The maximum atomic E-state index is 10.1. The third kappa shape index (κ3) is 2.76. The Bertz CT molecular complexity index is 568. The van der Waals surface area contributed by atoms with E-state index in [2.05, 4.69) is 11.2 Å². The van der Waals surface area contributed by atoms with Crippen molar-refractivity contribution in [2.24, 2.45) is 0 Å². The first-order valence-electron chi connectivity index (χ1n) is 5.92. The quantitative estimate of drug-likeness (QED) is 0.891. The molecule has 2 aromatic rings. The number of aryl methyl sites for hydroxylation is 1. The number of aliphatic hydroxyl groups is 1. The lowest BCUT2D eigenvalue weighted by atomic mass is 10.0. The van der Waals surface area contributed by atoms with Gasteiger partial charge in [0.15, 0.2) is 0 Å². The number of aromatic nitrogens is 2. The highest BCUT2D eigenvalue weighted by Gasteiger charge is 2.10. The lowest BCUT2D eigenvalue weighted by molar-refractivity contribution is 0.178. The zero-order valence-corrected chi connectivity index (χ0v) is 10.2. The first-order valence-corrected chi connectivity index (χ1v) is 5.92.